The number of rotatable bonds is 6. The number of hydrogen-bond acceptors (Lipinski definition) is 3. The fourth-order valence-electron chi connectivity index (χ4n) is 4.25. The molecule has 0 radical (unpaired) electrons. The summed E-state index contributed by atoms with van der Waals surface area (Å²) in [5.41, 5.74) is 3.65. The van der Waals surface area contributed by atoms with Gasteiger partial charge in [0, 0.05) is 57.9 Å². The minimum absolute atomic E-state index is 0.268. The van der Waals surface area contributed by atoms with Crippen LogP contribution in [0, 0.1) is 0 Å². The number of nitrogens with zero attached hydrogens (tertiary/aromatic N) is 3. The van der Waals surface area contributed by atoms with Gasteiger partial charge in [0.05, 0.1) is 0 Å². The van der Waals surface area contributed by atoms with E-state index in [4.69, 9.17) is 0 Å². The van der Waals surface area contributed by atoms with Crippen molar-refractivity contribution in [1.82, 2.24) is 15.5 Å². The van der Waals surface area contributed by atoms with Crippen molar-refractivity contribution in [3.05, 3.63) is 65.7 Å². The zero-order valence-corrected chi connectivity index (χ0v) is 17.7. The summed E-state index contributed by atoms with van der Waals surface area (Å²) >= 11 is 0. The first-order valence-electron chi connectivity index (χ1n) is 10.8. The third-order valence-electron chi connectivity index (χ3n) is 5.87. The Morgan fingerprint density at radius 3 is 2.70 bits per heavy atom. The molecule has 2 aliphatic rings. The molecule has 0 bridgehead atoms. The van der Waals surface area contributed by atoms with E-state index < -0.39 is 0 Å². The van der Waals surface area contributed by atoms with Crippen molar-refractivity contribution in [3.8, 4) is 0 Å². The van der Waals surface area contributed by atoms with E-state index in [1.165, 1.54) is 16.8 Å². The van der Waals surface area contributed by atoms with Gasteiger partial charge in [-0.1, -0.05) is 42.5 Å². The molecule has 2 heterocycles. The second-order valence-corrected chi connectivity index (χ2v) is 8.08. The van der Waals surface area contributed by atoms with Crippen LogP contribution < -0.4 is 15.5 Å². The first kappa shape index (κ1) is 20.3. The molecular formula is C24H31N5O. The van der Waals surface area contributed by atoms with Crippen molar-refractivity contribution < 1.29 is 4.79 Å². The molecule has 1 atom stereocenters. The average Bonchev–Trinajstić information content (AvgIpc) is 3.41. The Bertz CT molecular complexity index is 882. The van der Waals surface area contributed by atoms with E-state index in [1.807, 2.05) is 11.9 Å². The van der Waals surface area contributed by atoms with Gasteiger partial charge in [-0.15, -0.1) is 0 Å². The fourth-order valence-corrected chi connectivity index (χ4v) is 4.25. The monoisotopic (exact) mass is 405 g/mol. The molecule has 0 spiro atoms. The lowest BCUT2D eigenvalue weighted by molar-refractivity contribution is -0.128. The number of carbonyl (C=O) groups is 1. The van der Waals surface area contributed by atoms with E-state index in [9.17, 15) is 4.79 Å². The van der Waals surface area contributed by atoms with Crippen LogP contribution in [0.3, 0.4) is 0 Å². The van der Waals surface area contributed by atoms with E-state index in [0.717, 1.165) is 38.4 Å². The van der Waals surface area contributed by atoms with E-state index in [0.29, 0.717) is 25.6 Å². The molecule has 2 fully saturated rings. The maximum absolute atomic E-state index is 11.9. The summed E-state index contributed by atoms with van der Waals surface area (Å²) in [6.45, 7) is 4.31. The minimum atomic E-state index is 0.268. The summed E-state index contributed by atoms with van der Waals surface area (Å²) in [5, 5.41) is 7.00. The quantitative estimate of drug-likeness (QED) is 0.573. The molecule has 0 saturated carbocycles. The molecule has 4 rings (SSSR count). The topological polar surface area (TPSA) is 60.0 Å². The predicted octanol–water partition coefficient (Wildman–Crippen LogP) is 2.75. The van der Waals surface area contributed by atoms with Crippen LogP contribution >= 0.6 is 0 Å². The zero-order chi connectivity index (χ0) is 20.8. The molecule has 2 aromatic rings. The molecule has 0 aliphatic carbocycles. The van der Waals surface area contributed by atoms with Gasteiger partial charge in [-0.05, 0) is 36.1 Å². The fraction of sp³-hybridized carbons (Fsp3) is 0.417. The number of nitrogens with one attached hydrogen (secondary N) is 2. The van der Waals surface area contributed by atoms with Gasteiger partial charge in [-0.3, -0.25) is 9.79 Å². The van der Waals surface area contributed by atoms with Gasteiger partial charge in [0.1, 0.15) is 0 Å². The van der Waals surface area contributed by atoms with E-state index in [1.54, 1.807) is 0 Å². The Balaban J connectivity index is 1.28. The van der Waals surface area contributed by atoms with Crippen LogP contribution in [-0.4, -0.2) is 49.5 Å². The highest BCUT2D eigenvalue weighted by Gasteiger charge is 2.23. The van der Waals surface area contributed by atoms with Crippen LogP contribution in [-0.2, 0) is 17.9 Å². The van der Waals surface area contributed by atoms with Crippen LogP contribution in [0.25, 0.3) is 0 Å². The smallest absolute Gasteiger partial charge is 0.222 e. The molecule has 6 nitrogen and oxygen atoms in total. The lowest BCUT2D eigenvalue weighted by Gasteiger charge is -2.20. The molecule has 1 amide bonds. The van der Waals surface area contributed by atoms with Gasteiger partial charge < -0.3 is 20.4 Å². The van der Waals surface area contributed by atoms with E-state index in [2.05, 4.69) is 75.1 Å². The maximum Gasteiger partial charge on any atom is 0.222 e. The molecule has 2 N–H and O–H groups in total. The number of anilines is 1. The Morgan fingerprint density at radius 2 is 1.93 bits per heavy atom. The second-order valence-electron chi connectivity index (χ2n) is 8.08. The highest BCUT2D eigenvalue weighted by Crippen LogP contribution is 2.19. The number of aliphatic imine (C=N–C) groups is 1. The van der Waals surface area contributed by atoms with Crippen LogP contribution in [0.4, 0.5) is 5.69 Å². The molecule has 6 heteroatoms. The Kier molecular flexibility index (Phi) is 6.52. The van der Waals surface area contributed by atoms with Crippen molar-refractivity contribution in [1.29, 1.82) is 0 Å². The summed E-state index contributed by atoms with van der Waals surface area (Å²) in [6, 6.07) is 19.4. The van der Waals surface area contributed by atoms with Gasteiger partial charge >= 0.3 is 0 Å². The lowest BCUT2D eigenvalue weighted by Crippen LogP contribution is -2.44. The Morgan fingerprint density at radius 1 is 1.10 bits per heavy atom. The number of amides is 1. The number of para-hydroxylation sites is 1. The average molecular weight is 406 g/mol. The maximum atomic E-state index is 11.9. The first-order valence-corrected chi connectivity index (χ1v) is 10.8. The third kappa shape index (κ3) is 5.12. The van der Waals surface area contributed by atoms with Gasteiger partial charge in [0.2, 0.25) is 5.91 Å². The zero-order valence-electron chi connectivity index (χ0n) is 17.7. The van der Waals surface area contributed by atoms with Crippen molar-refractivity contribution in [2.24, 2.45) is 4.99 Å². The molecule has 2 aromatic carbocycles. The van der Waals surface area contributed by atoms with Crippen molar-refractivity contribution in [2.75, 3.05) is 31.6 Å². The minimum Gasteiger partial charge on any atom is -0.369 e. The number of likely N-dealkylation sites (tertiary alicyclic amines) is 1. The van der Waals surface area contributed by atoms with Crippen molar-refractivity contribution in [2.45, 2.75) is 38.4 Å². The molecule has 1 unspecified atom stereocenters. The van der Waals surface area contributed by atoms with Gasteiger partial charge in [0.25, 0.3) is 0 Å². The van der Waals surface area contributed by atoms with Crippen LogP contribution in [0.15, 0.2) is 59.6 Å². The van der Waals surface area contributed by atoms with Crippen LogP contribution in [0.5, 0.6) is 0 Å². The Labute approximate surface area is 179 Å². The third-order valence-corrected chi connectivity index (χ3v) is 5.87. The number of benzene rings is 2. The highest BCUT2D eigenvalue weighted by molar-refractivity contribution is 5.80. The molecular weight excluding hydrogens is 374 g/mol. The summed E-state index contributed by atoms with van der Waals surface area (Å²) in [4.78, 5) is 20.6. The number of hydrogen-bond donors (Lipinski definition) is 2. The van der Waals surface area contributed by atoms with Crippen LogP contribution in [0.1, 0.15) is 30.4 Å². The second kappa shape index (κ2) is 9.65. The number of guanidine groups is 1. The molecule has 0 aromatic heterocycles. The number of carbonyl (C=O) groups excluding carboxylic acids is 1. The Hall–Kier alpha value is -3.02. The summed E-state index contributed by atoms with van der Waals surface area (Å²) < 4.78 is 0. The standard InChI is InChI=1S/C24H31N5O/c1-25-24(27-21-12-14-28(18-21)22-9-3-2-4-10-22)26-16-19-7-5-8-20(15-19)17-29-13-6-11-23(29)30/h2-5,7-10,15,21H,6,11-14,16-18H2,1H3,(H2,25,26,27). The van der Waals surface area contributed by atoms with Crippen molar-refractivity contribution in [3.63, 3.8) is 0 Å². The highest BCUT2D eigenvalue weighted by atomic mass is 16.2. The normalized spacial score (nSPS) is 19.4. The van der Waals surface area contributed by atoms with Gasteiger partial charge in [-0.25, -0.2) is 0 Å². The summed E-state index contributed by atoms with van der Waals surface area (Å²) in [7, 11) is 1.81. The van der Waals surface area contributed by atoms with Crippen molar-refractivity contribution >= 4 is 17.6 Å². The largest absolute Gasteiger partial charge is 0.369 e. The molecule has 2 aliphatic heterocycles. The van der Waals surface area contributed by atoms with Crippen LogP contribution in [0.2, 0.25) is 0 Å². The first-order chi connectivity index (χ1) is 14.7. The summed E-state index contributed by atoms with van der Waals surface area (Å²) in [5.74, 6) is 1.10. The van der Waals surface area contributed by atoms with Gasteiger partial charge in [0.15, 0.2) is 5.96 Å². The predicted molar refractivity (Wildman–Crippen MR) is 121 cm³/mol. The SMILES string of the molecule is CN=C(NCc1cccc(CN2CCCC2=O)c1)NC1CCN(c2ccccc2)C1. The summed E-state index contributed by atoms with van der Waals surface area (Å²) in [6.07, 6.45) is 2.76. The van der Waals surface area contributed by atoms with Gasteiger partial charge in [-0.2, -0.15) is 0 Å². The lowest BCUT2D eigenvalue weighted by atomic mass is 10.1. The molecule has 158 valence electrons. The molecule has 30 heavy (non-hydrogen) atoms. The molecule has 2 saturated heterocycles. The van der Waals surface area contributed by atoms with E-state index in [-0.39, 0.29) is 5.91 Å². The van der Waals surface area contributed by atoms with E-state index >= 15 is 0 Å².